The highest BCUT2D eigenvalue weighted by atomic mass is 16.5. The molecule has 1 saturated heterocycles. The van der Waals surface area contributed by atoms with E-state index in [1.165, 1.54) is 0 Å². The predicted molar refractivity (Wildman–Crippen MR) is 43.5 cm³/mol. The Morgan fingerprint density at radius 3 is 2.54 bits per heavy atom. The molecule has 0 unspecified atom stereocenters. The Kier molecular flexibility index (Phi) is 3.26. The van der Waals surface area contributed by atoms with Crippen LogP contribution in [0, 0.1) is 6.61 Å². The van der Waals surface area contributed by atoms with Gasteiger partial charge in [0.25, 0.3) is 0 Å². The van der Waals surface area contributed by atoms with E-state index in [1.54, 1.807) is 6.92 Å². The summed E-state index contributed by atoms with van der Waals surface area (Å²) in [6.45, 7) is 2.34. The predicted octanol–water partition coefficient (Wildman–Crippen LogP) is -1.60. The Labute approximate surface area is 76.6 Å². The molecule has 0 spiro atoms. The molecule has 0 aromatic rings. The van der Waals surface area contributed by atoms with Gasteiger partial charge in [0, 0.05) is 0 Å². The van der Waals surface area contributed by atoms with E-state index in [0.717, 1.165) is 6.61 Å². The summed E-state index contributed by atoms with van der Waals surface area (Å²) in [5.74, 6) is 0. The minimum absolute atomic E-state index is 0.239. The minimum atomic E-state index is -1.52. The molecule has 1 aliphatic rings. The topological polar surface area (TPSA) is 90.2 Å². The van der Waals surface area contributed by atoms with E-state index in [9.17, 15) is 15.3 Å². The summed E-state index contributed by atoms with van der Waals surface area (Å²) in [4.78, 5) is 0. The van der Waals surface area contributed by atoms with E-state index in [0.29, 0.717) is 0 Å². The van der Waals surface area contributed by atoms with Gasteiger partial charge in [-0.2, -0.15) is 0 Å². The number of ether oxygens (including phenoxy) is 1. The molecule has 0 aromatic heterocycles. The van der Waals surface area contributed by atoms with Crippen LogP contribution in [0.5, 0.6) is 0 Å². The second kappa shape index (κ2) is 3.89. The van der Waals surface area contributed by atoms with Crippen molar-refractivity contribution >= 4 is 0 Å². The van der Waals surface area contributed by atoms with Crippen LogP contribution in [0.3, 0.4) is 0 Å². The van der Waals surface area contributed by atoms with E-state index < -0.39 is 30.5 Å². The zero-order chi connectivity index (χ0) is 10.1. The quantitative estimate of drug-likeness (QED) is 0.422. The Hall–Kier alpha value is -0.200. The standard InChI is InChI=1S/C8H15O5/c1-2-8(12)4-13-5(3-9)6(10)7(8)11/h4-7,9-12H,2-3H2,1H3/t5-,6-,7+,8+/m1/s1. The molecular weight excluding hydrogens is 176 g/mol. The van der Waals surface area contributed by atoms with Gasteiger partial charge >= 0.3 is 0 Å². The summed E-state index contributed by atoms with van der Waals surface area (Å²) in [7, 11) is 0. The number of aliphatic hydroxyl groups excluding tert-OH is 3. The molecule has 13 heavy (non-hydrogen) atoms. The maximum absolute atomic E-state index is 9.66. The first-order valence-electron chi connectivity index (χ1n) is 4.24. The van der Waals surface area contributed by atoms with Crippen molar-refractivity contribution in [3.05, 3.63) is 6.61 Å². The van der Waals surface area contributed by atoms with Gasteiger partial charge < -0.3 is 25.2 Å². The van der Waals surface area contributed by atoms with Gasteiger partial charge in [-0.05, 0) is 6.42 Å². The van der Waals surface area contributed by atoms with Crippen LogP contribution in [0.25, 0.3) is 0 Å². The van der Waals surface area contributed by atoms with Gasteiger partial charge in [-0.1, -0.05) is 6.92 Å². The van der Waals surface area contributed by atoms with Gasteiger partial charge in [-0.25, -0.2) is 0 Å². The largest absolute Gasteiger partial charge is 0.394 e. The molecule has 1 rings (SSSR count). The van der Waals surface area contributed by atoms with Crippen LogP contribution in [-0.4, -0.2) is 50.9 Å². The number of aliphatic hydroxyl groups is 4. The van der Waals surface area contributed by atoms with E-state index in [2.05, 4.69) is 0 Å². The number of hydrogen-bond acceptors (Lipinski definition) is 5. The van der Waals surface area contributed by atoms with Crippen molar-refractivity contribution in [3.63, 3.8) is 0 Å². The van der Waals surface area contributed by atoms with Crippen molar-refractivity contribution in [2.24, 2.45) is 0 Å². The normalized spacial score (nSPS) is 46.4. The van der Waals surface area contributed by atoms with Crippen LogP contribution >= 0.6 is 0 Å². The molecule has 5 nitrogen and oxygen atoms in total. The van der Waals surface area contributed by atoms with Crippen LogP contribution in [0.2, 0.25) is 0 Å². The second-order valence-corrected chi connectivity index (χ2v) is 3.26. The molecule has 1 aliphatic heterocycles. The smallest absolute Gasteiger partial charge is 0.122 e. The van der Waals surface area contributed by atoms with Crippen molar-refractivity contribution in [2.75, 3.05) is 6.61 Å². The van der Waals surface area contributed by atoms with Crippen molar-refractivity contribution in [3.8, 4) is 0 Å². The van der Waals surface area contributed by atoms with E-state index in [1.807, 2.05) is 0 Å². The van der Waals surface area contributed by atoms with Gasteiger partial charge in [0.05, 0.1) is 6.61 Å². The molecule has 5 heteroatoms. The zero-order valence-corrected chi connectivity index (χ0v) is 7.42. The molecule has 0 saturated carbocycles. The minimum Gasteiger partial charge on any atom is -0.394 e. The third kappa shape index (κ3) is 1.84. The molecule has 1 fully saturated rings. The summed E-state index contributed by atoms with van der Waals surface area (Å²) < 4.78 is 4.88. The summed E-state index contributed by atoms with van der Waals surface area (Å²) in [5.41, 5.74) is -1.52. The molecule has 4 N–H and O–H groups in total. The second-order valence-electron chi connectivity index (χ2n) is 3.26. The molecule has 1 heterocycles. The summed E-state index contributed by atoms with van der Waals surface area (Å²) in [6, 6.07) is 0. The zero-order valence-electron chi connectivity index (χ0n) is 7.42. The highest BCUT2D eigenvalue weighted by Crippen LogP contribution is 2.29. The van der Waals surface area contributed by atoms with Crippen LogP contribution < -0.4 is 0 Å². The highest BCUT2D eigenvalue weighted by Gasteiger charge is 2.47. The highest BCUT2D eigenvalue weighted by molar-refractivity contribution is 5.02. The molecule has 77 valence electrons. The SMILES string of the molecule is CC[C@]1(O)[CH]O[C@H](CO)[C@@H](O)[C@@H]1O. The Morgan fingerprint density at radius 2 is 2.08 bits per heavy atom. The fourth-order valence-corrected chi connectivity index (χ4v) is 1.30. The van der Waals surface area contributed by atoms with E-state index in [-0.39, 0.29) is 6.42 Å². The lowest BCUT2D eigenvalue weighted by Crippen LogP contribution is -2.59. The molecule has 0 amide bonds. The van der Waals surface area contributed by atoms with Crippen LogP contribution in [0.1, 0.15) is 13.3 Å². The maximum Gasteiger partial charge on any atom is 0.122 e. The van der Waals surface area contributed by atoms with Crippen LogP contribution in [0.4, 0.5) is 0 Å². The summed E-state index contributed by atoms with van der Waals surface area (Å²) in [6.07, 6.45) is -3.20. The van der Waals surface area contributed by atoms with Crippen molar-refractivity contribution in [1.29, 1.82) is 0 Å². The third-order valence-electron chi connectivity index (χ3n) is 2.41. The fraction of sp³-hybridized carbons (Fsp3) is 0.875. The summed E-state index contributed by atoms with van der Waals surface area (Å²) >= 11 is 0. The fourth-order valence-electron chi connectivity index (χ4n) is 1.30. The van der Waals surface area contributed by atoms with E-state index in [4.69, 9.17) is 9.84 Å². The molecule has 0 aromatic carbocycles. The van der Waals surface area contributed by atoms with Crippen LogP contribution in [-0.2, 0) is 4.74 Å². The number of hydrogen-bond donors (Lipinski definition) is 4. The summed E-state index contributed by atoms with van der Waals surface area (Å²) in [5, 5.41) is 37.2. The lowest BCUT2D eigenvalue weighted by atomic mass is 9.86. The lowest BCUT2D eigenvalue weighted by Gasteiger charge is -2.41. The van der Waals surface area contributed by atoms with Gasteiger partial charge in [0.1, 0.15) is 30.5 Å². The molecule has 0 aliphatic carbocycles. The van der Waals surface area contributed by atoms with E-state index >= 15 is 0 Å². The average molecular weight is 191 g/mol. The van der Waals surface area contributed by atoms with Gasteiger partial charge in [-0.3, -0.25) is 0 Å². The maximum atomic E-state index is 9.66. The van der Waals surface area contributed by atoms with Gasteiger partial charge in [0.2, 0.25) is 0 Å². The van der Waals surface area contributed by atoms with Gasteiger partial charge in [-0.15, -0.1) is 0 Å². The molecule has 4 atom stereocenters. The first-order chi connectivity index (χ1) is 6.05. The molecule has 0 bridgehead atoms. The lowest BCUT2D eigenvalue weighted by molar-refractivity contribution is -0.213. The van der Waals surface area contributed by atoms with Gasteiger partial charge in [0.15, 0.2) is 0 Å². The monoisotopic (exact) mass is 191 g/mol. The average Bonchev–Trinajstić information content (AvgIpc) is 2.15. The number of rotatable bonds is 2. The van der Waals surface area contributed by atoms with Crippen molar-refractivity contribution < 1.29 is 25.2 Å². The first-order valence-corrected chi connectivity index (χ1v) is 4.24. The Morgan fingerprint density at radius 1 is 1.46 bits per heavy atom. The third-order valence-corrected chi connectivity index (χ3v) is 2.41. The first kappa shape index (κ1) is 10.9. The Bertz CT molecular complexity index is 174. The van der Waals surface area contributed by atoms with Crippen molar-refractivity contribution in [1.82, 2.24) is 0 Å². The molecule has 1 radical (unpaired) electrons. The Balaban J connectivity index is 2.69. The van der Waals surface area contributed by atoms with Crippen LogP contribution in [0.15, 0.2) is 0 Å². The van der Waals surface area contributed by atoms with Crippen molar-refractivity contribution in [2.45, 2.75) is 37.3 Å². The molecular formula is C8H15O5.